The summed E-state index contributed by atoms with van der Waals surface area (Å²) in [7, 11) is 0. The quantitative estimate of drug-likeness (QED) is 0.694. The number of aliphatic carboxylic acids is 1. The van der Waals surface area contributed by atoms with E-state index in [9.17, 15) is 9.59 Å². The van der Waals surface area contributed by atoms with Crippen LogP contribution in [0.5, 0.6) is 0 Å². The molecule has 2 atom stereocenters. The molecule has 1 amide bonds. The highest BCUT2D eigenvalue weighted by molar-refractivity contribution is 5.79. The summed E-state index contributed by atoms with van der Waals surface area (Å²) in [4.78, 5) is 23.0. The van der Waals surface area contributed by atoms with Gasteiger partial charge in [0.25, 0.3) is 0 Å². The number of benzene rings is 2. The first-order valence-corrected chi connectivity index (χ1v) is 10.1. The topological polar surface area (TPSA) is 84.9 Å². The second kappa shape index (κ2) is 8.66. The van der Waals surface area contributed by atoms with Crippen molar-refractivity contribution in [1.29, 1.82) is 0 Å². The summed E-state index contributed by atoms with van der Waals surface area (Å²) >= 11 is 0. The Kier molecular flexibility index (Phi) is 5.81. The van der Waals surface area contributed by atoms with Crippen LogP contribution < -0.4 is 5.32 Å². The molecule has 1 aliphatic carbocycles. The molecule has 2 unspecified atom stereocenters. The van der Waals surface area contributed by atoms with Crippen LogP contribution in [0.1, 0.15) is 42.7 Å². The van der Waals surface area contributed by atoms with E-state index in [-0.39, 0.29) is 12.0 Å². The normalized spacial score (nSPS) is 20.1. The monoisotopic (exact) mass is 395 g/mol. The summed E-state index contributed by atoms with van der Waals surface area (Å²) in [6, 6.07) is 16.5. The SMILES string of the molecule is O=C(NCCCC1CCC(C(=O)O)O1)OCC1c2ccccc2-c2ccccc21. The largest absolute Gasteiger partial charge is 0.479 e. The molecule has 0 spiro atoms. The number of carboxylic acids is 1. The van der Waals surface area contributed by atoms with Gasteiger partial charge in [-0.25, -0.2) is 9.59 Å². The Balaban J connectivity index is 1.23. The van der Waals surface area contributed by atoms with Crippen LogP contribution in [0.25, 0.3) is 11.1 Å². The van der Waals surface area contributed by atoms with Gasteiger partial charge in [0.15, 0.2) is 6.10 Å². The number of nitrogens with one attached hydrogen (secondary N) is 1. The lowest BCUT2D eigenvalue weighted by atomic mass is 9.98. The van der Waals surface area contributed by atoms with E-state index >= 15 is 0 Å². The molecule has 2 aliphatic rings. The number of carbonyl (C=O) groups is 2. The van der Waals surface area contributed by atoms with Crippen molar-refractivity contribution in [2.75, 3.05) is 13.2 Å². The second-order valence-electron chi connectivity index (χ2n) is 7.56. The number of ether oxygens (including phenoxy) is 2. The van der Waals surface area contributed by atoms with E-state index in [4.69, 9.17) is 14.6 Å². The van der Waals surface area contributed by atoms with E-state index in [0.29, 0.717) is 19.6 Å². The Morgan fingerprint density at radius 2 is 1.69 bits per heavy atom. The minimum absolute atomic E-state index is 0.0413. The molecular formula is C23H25NO5. The molecule has 0 aromatic heterocycles. The molecule has 4 rings (SSSR count). The molecule has 0 bridgehead atoms. The first kappa shape index (κ1) is 19.5. The van der Waals surface area contributed by atoms with Gasteiger partial charge in [-0.1, -0.05) is 48.5 Å². The molecule has 6 heteroatoms. The zero-order valence-corrected chi connectivity index (χ0v) is 16.2. The molecule has 1 saturated heterocycles. The van der Waals surface area contributed by atoms with Crippen molar-refractivity contribution in [3.05, 3.63) is 59.7 Å². The van der Waals surface area contributed by atoms with Crippen molar-refractivity contribution < 1.29 is 24.2 Å². The van der Waals surface area contributed by atoms with Crippen molar-refractivity contribution in [1.82, 2.24) is 5.32 Å². The fourth-order valence-electron chi connectivity index (χ4n) is 4.27. The third-order valence-electron chi connectivity index (χ3n) is 5.70. The molecule has 29 heavy (non-hydrogen) atoms. The van der Waals surface area contributed by atoms with Crippen LogP contribution >= 0.6 is 0 Å². The molecule has 2 aromatic rings. The highest BCUT2D eigenvalue weighted by atomic mass is 16.5. The maximum Gasteiger partial charge on any atom is 0.407 e. The van der Waals surface area contributed by atoms with E-state index < -0.39 is 18.2 Å². The molecule has 1 heterocycles. The third kappa shape index (κ3) is 4.27. The summed E-state index contributed by atoms with van der Waals surface area (Å²) in [5, 5.41) is 11.7. The fraction of sp³-hybridized carbons (Fsp3) is 0.391. The van der Waals surface area contributed by atoms with E-state index in [1.807, 2.05) is 24.3 Å². The second-order valence-corrected chi connectivity index (χ2v) is 7.56. The maximum atomic E-state index is 12.1. The van der Waals surface area contributed by atoms with Crippen LogP contribution in [0.15, 0.2) is 48.5 Å². The summed E-state index contributed by atoms with van der Waals surface area (Å²) < 4.78 is 11.0. The number of hydrogen-bond acceptors (Lipinski definition) is 4. The van der Waals surface area contributed by atoms with Crippen molar-refractivity contribution in [3.8, 4) is 11.1 Å². The van der Waals surface area contributed by atoms with Gasteiger partial charge < -0.3 is 19.9 Å². The van der Waals surface area contributed by atoms with Crippen molar-refractivity contribution in [2.45, 2.75) is 43.8 Å². The number of rotatable bonds is 7. The molecule has 2 aromatic carbocycles. The molecule has 0 radical (unpaired) electrons. The van der Waals surface area contributed by atoms with Crippen LogP contribution in [-0.2, 0) is 14.3 Å². The third-order valence-corrected chi connectivity index (χ3v) is 5.70. The standard InChI is InChI=1S/C23H25NO5/c25-22(26)21-12-11-15(29-21)6-5-13-24-23(27)28-14-20-18-9-3-1-7-16(18)17-8-2-4-10-19(17)20/h1-4,7-10,15,20-21H,5-6,11-14H2,(H,24,27)(H,25,26). The number of amides is 1. The van der Waals surface area contributed by atoms with Gasteiger partial charge in [0.2, 0.25) is 0 Å². The first-order chi connectivity index (χ1) is 14.1. The molecular weight excluding hydrogens is 370 g/mol. The average molecular weight is 395 g/mol. The Morgan fingerprint density at radius 1 is 1.03 bits per heavy atom. The smallest absolute Gasteiger partial charge is 0.407 e. The lowest BCUT2D eigenvalue weighted by Crippen LogP contribution is -2.27. The lowest BCUT2D eigenvalue weighted by molar-refractivity contribution is -0.149. The van der Waals surface area contributed by atoms with Gasteiger partial charge in [0, 0.05) is 12.5 Å². The van der Waals surface area contributed by atoms with Crippen molar-refractivity contribution >= 4 is 12.1 Å². The van der Waals surface area contributed by atoms with Crippen LogP contribution in [0.4, 0.5) is 4.79 Å². The number of carbonyl (C=O) groups excluding carboxylic acids is 1. The van der Waals surface area contributed by atoms with E-state index in [2.05, 4.69) is 29.6 Å². The molecule has 2 N–H and O–H groups in total. The van der Waals surface area contributed by atoms with Gasteiger partial charge in [0.05, 0.1) is 6.10 Å². The van der Waals surface area contributed by atoms with Gasteiger partial charge in [0.1, 0.15) is 6.61 Å². The Hall–Kier alpha value is -2.86. The predicted octanol–water partition coefficient (Wildman–Crippen LogP) is 3.94. The maximum absolute atomic E-state index is 12.1. The molecule has 1 fully saturated rings. The minimum Gasteiger partial charge on any atom is -0.479 e. The minimum atomic E-state index is -0.899. The number of hydrogen-bond donors (Lipinski definition) is 2. The number of carboxylic acid groups (broad SMARTS) is 1. The summed E-state index contributed by atoms with van der Waals surface area (Å²) in [6.45, 7) is 0.778. The van der Waals surface area contributed by atoms with Gasteiger partial charge >= 0.3 is 12.1 Å². The number of fused-ring (bicyclic) bond motifs is 3. The van der Waals surface area contributed by atoms with Crippen LogP contribution in [0, 0.1) is 0 Å². The Morgan fingerprint density at radius 3 is 2.31 bits per heavy atom. The van der Waals surface area contributed by atoms with Gasteiger partial charge in [-0.05, 0) is 47.9 Å². The van der Waals surface area contributed by atoms with E-state index in [0.717, 1.165) is 19.3 Å². The summed E-state index contributed by atoms with van der Waals surface area (Å²) in [5.74, 6) is -0.850. The fourth-order valence-corrected chi connectivity index (χ4v) is 4.27. The van der Waals surface area contributed by atoms with Crippen molar-refractivity contribution in [3.63, 3.8) is 0 Å². The van der Waals surface area contributed by atoms with Gasteiger partial charge in [-0.3, -0.25) is 0 Å². The van der Waals surface area contributed by atoms with Gasteiger partial charge in [-0.15, -0.1) is 0 Å². The van der Waals surface area contributed by atoms with Crippen LogP contribution in [0.2, 0.25) is 0 Å². The lowest BCUT2D eigenvalue weighted by Gasteiger charge is -2.15. The summed E-state index contributed by atoms with van der Waals surface area (Å²) in [5.41, 5.74) is 4.78. The predicted molar refractivity (Wildman–Crippen MR) is 108 cm³/mol. The highest BCUT2D eigenvalue weighted by Gasteiger charge is 2.30. The van der Waals surface area contributed by atoms with E-state index in [1.54, 1.807) is 0 Å². The zero-order chi connectivity index (χ0) is 20.2. The Bertz CT molecular complexity index is 851. The molecule has 0 saturated carbocycles. The summed E-state index contributed by atoms with van der Waals surface area (Å²) in [6.07, 6.45) is 1.61. The average Bonchev–Trinajstić information content (AvgIpc) is 3.33. The first-order valence-electron chi connectivity index (χ1n) is 10.1. The zero-order valence-electron chi connectivity index (χ0n) is 16.2. The Labute approximate surface area is 169 Å². The molecule has 6 nitrogen and oxygen atoms in total. The van der Waals surface area contributed by atoms with Crippen LogP contribution in [-0.4, -0.2) is 42.5 Å². The highest BCUT2D eigenvalue weighted by Crippen LogP contribution is 2.44. The van der Waals surface area contributed by atoms with E-state index in [1.165, 1.54) is 22.3 Å². The van der Waals surface area contributed by atoms with Crippen molar-refractivity contribution in [2.24, 2.45) is 0 Å². The molecule has 1 aliphatic heterocycles. The van der Waals surface area contributed by atoms with Crippen LogP contribution in [0.3, 0.4) is 0 Å². The van der Waals surface area contributed by atoms with Gasteiger partial charge in [-0.2, -0.15) is 0 Å². The number of alkyl carbamates (subject to hydrolysis) is 1. The molecule has 152 valence electrons.